The minimum Gasteiger partial charge on any atom is -0.377 e. The second kappa shape index (κ2) is 8.13. The van der Waals surface area contributed by atoms with Crippen LogP contribution in [0, 0.1) is 5.92 Å². The molecule has 128 valence electrons. The molecule has 0 aliphatic carbocycles. The van der Waals surface area contributed by atoms with E-state index < -0.39 is 0 Å². The average molecular weight is 312 g/mol. The molecule has 2 rings (SSSR count). The van der Waals surface area contributed by atoms with Crippen LogP contribution in [0.5, 0.6) is 0 Å². The maximum Gasteiger partial charge on any atom is 0.317 e. The zero-order valence-electron chi connectivity index (χ0n) is 14.5. The number of carbonyl (C=O) groups excluding carboxylic acids is 1. The van der Waals surface area contributed by atoms with Crippen LogP contribution in [0.4, 0.5) is 4.79 Å². The van der Waals surface area contributed by atoms with Crippen molar-refractivity contribution in [3.05, 3.63) is 0 Å². The van der Waals surface area contributed by atoms with Gasteiger partial charge in [0.15, 0.2) is 0 Å². The lowest BCUT2D eigenvalue weighted by atomic mass is 10.0. The van der Waals surface area contributed by atoms with E-state index in [9.17, 15) is 4.79 Å². The van der Waals surface area contributed by atoms with Crippen LogP contribution in [0.25, 0.3) is 0 Å². The molecule has 1 N–H and O–H groups in total. The van der Waals surface area contributed by atoms with Crippen LogP contribution in [-0.4, -0.2) is 92.8 Å². The number of hydrogen-bond donors (Lipinski definition) is 1. The number of nitrogens with one attached hydrogen (secondary N) is 1. The van der Waals surface area contributed by atoms with Gasteiger partial charge in [0.05, 0.1) is 19.3 Å². The molecule has 2 saturated heterocycles. The van der Waals surface area contributed by atoms with Crippen LogP contribution < -0.4 is 5.32 Å². The van der Waals surface area contributed by atoms with E-state index in [1.54, 1.807) is 0 Å². The molecule has 0 aromatic heterocycles. The molecule has 0 radical (unpaired) electrons. The third-order valence-corrected chi connectivity index (χ3v) is 4.70. The SMILES string of the molecule is CC(C)C[C@@H]1COCCN1C(=O)NC[C@H]1CN(C)CCN1C. The Morgan fingerprint density at radius 2 is 2.00 bits per heavy atom. The highest BCUT2D eigenvalue weighted by molar-refractivity contribution is 5.74. The Bertz CT molecular complexity index is 364. The topological polar surface area (TPSA) is 48.1 Å². The minimum atomic E-state index is 0.0653. The van der Waals surface area contributed by atoms with E-state index in [0.29, 0.717) is 38.3 Å². The number of urea groups is 1. The molecule has 22 heavy (non-hydrogen) atoms. The number of hydrogen-bond acceptors (Lipinski definition) is 4. The lowest BCUT2D eigenvalue weighted by Gasteiger charge is -2.39. The summed E-state index contributed by atoms with van der Waals surface area (Å²) in [6, 6.07) is 0.670. The van der Waals surface area contributed by atoms with E-state index in [4.69, 9.17) is 4.74 Å². The van der Waals surface area contributed by atoms with Gasteiger partial charge >= 0.3 is 6.03 Å². The van der Waals surface area contributed by atoms with E-state index in [2.05, 4.69) is 43.1 Å². The van der Waals surface area contributed by atoms with Crippen molar-refractivity contribution in [1.82, 2.24) is 20.0 Å². The summed E-state index contributed by atoms with van der Waals surface area (Å²) in [7, 11) is 4.28. The van der Waals surface area contributed by atoms with Crippen molar-refractivity contribution in [2.45, 2.75) is 32.4 Å². The highest BCUT2D eigenvalue weighted by Crippen LogP contribution is 2.16. The molecule has 2 amide bonds. The number of rotatable bonds is 4. The number of likely N-dealkylation sites (N-methyl/N-ethyl adjacent to an activating group) is 2. The van der Waals surface area contributed by atoms with E-state index in [-0.39, 0.29) is 12.1 Å². The number of amides is 2. The van der Waals surface area contributed by atoms with E-state index in [0.717, 1.165) is 26.1 Å². The molecule has 6 heteroatoms. The van der Waals surface area contributed by atoms with E-state index in [1.165, 1.54) is 0 Å². The Morgan fingerprint density at radius 3 is 2.73 bits per heavy atom. The van der Waals surface area contributed by atoms with Crippen molar-refractivity contribution in [2.75, 3.05) is 60.0 Å². The first-order valence-corrected chi connectivity index (χ1v) is 8.48. The molecule has 0 unspecified atom stereocenters. The highest BCUT2D eigenvalue weighted by atomic mass is 16.5. The third kappa shape index (κ3) is 4.83. The predicted molar refractivity (Wildman–Crippen MR) is 88.1 cm³/mol. The molecule has 6 nitrogen and oxygen atoms in total. The van der Waals surface area contributed by atoms with Gasteiger partial charge in [-0.3, -0.25) is 4.90 Å². The first kappa shape index (κ1) is 17.5. The largest absolute Gasteiger partial charge is 0.377 e. The number of ether oxygens (including phenoxy) is 1. The van der Waals surface area contributed by atoms with Crippen LogP contribution in [-0.2, 0) is 4.74 Å². The molecule has 2 aliphatic heterocycles. The predicted octanol–water partition coefficient (Wildman–Crippen LogP) is 0.689. The maximum absolute atomic E-state index is 12.5. The molecule has 0 spiro atoms. The fraction of sp³-hybridized carbons (Fsp3) is 0.938. The molecule has 2 fully saturated rings. The summed E-state index contributed by atoms with van der Waals surface area (Å²) in [5.74, 6) is 0.570. The summed E-state index contributed by atoms with van der Waals surface area (Å²) in [6.07, 6.45) is 0.999. The number of nitrogens with zero attached hydrogens (tertiary/aromatic N) is 3. The van der Waals surface area contributed by atoms with E-state index in [1.807, 2.05) is 4.90 Å². The number of carbonyl (C=O) groups is 1. The van der Waals surface area contributed by atoms with Crippen LogP contribution in [0.15, 0.2) is 0 Å². The molecule has 2 aliphatic rings. The van der Waals surface area contributed by atoms with Gasteiger partial charge in [0, 0.05) is 38.8 Å². The van der Waals surface area contributed by atoms with Gasteiger partial charge in [-0.2, -0.15) is 0 Å². The molecule has 0 aromatic carbocycles. The molecular weight excluding hydrogens is 280 g/mol. The van der Waals surface area contributed by atoms with Crippen LogP contribution in [0.3, 0.4) is 0 Å². The molecular formula is C16H32N4O2. The maximum atomic E-state index is 12.5. The van der Waals surface area contributed by atoms with Crippen LogP contribution in [0.2, 0.25) is 0 Å². The van der Waals surface area contributed by atoms with Crippen molar-refractivity contribution in [2.24, 2.45) is 5.92 Å². The molecule has 2 heterocycles. The van der Waals surface area contributed by atoms with Gasteiger partial charge < -0.3 is 19.9 Å². The van der Waals surface area contributed by atoms with E-state index >= 15 is 0 Å². The number of piperazine rings is 1. The normalized spacial score (nSPS) is 28.1. The molecule has 0 aromatic rings. The molecule has 0 bridgehead atoms. The first-order valence-electron chi connectivity index (χ1n) is 8.48. The van der Waals surface area contributed by atoms with Crippen molar-refractivity contribution < 1.29 is 9.53 Å². The summed E-state index contributed by atoms with van der Waals surface area (Å²) in [5, 5.41) is 3.14. The van der Waals surface area contributed by atoms with Gasteiger partial charge in [-0.25, -0.2) is 4.79 Å². The standard InChI is InChI=1S/C16H32N4O2/c1-13(2)9-14-12-22-8-7-20(14)16(21)17-10-15-11-18(3)5-6-19(15)4/h13-15H,5-12H2,1-4H3,(H,17,21)/t14-,15+/m1/s1. The fourth-order valence-corrected chi connectivity index (χ4v) is 3.29. The van der Waals surface area contributed by atoms with Gasteiger partial charge in [-0.15, -0.1) is 0 Å². The smallest absolute Gasteiger partial charge is 0.317 e. The zero-order chi connectivity index (χ0) is 16.1. The van der Waals surface area contributed by atoms with Gasteiger partial charge in [0.2, 0.25) is 0 Å². The van der Waals surface area contributed by atoms with Gasteiger partial charge in [0.25, 0.3) is 0 Å². The van der Waals surface area contributed by atoms with Crippen molar-refractivity contribution >= 4 is 6.03 Å². The second-order valence-electron chi connectivity index (χ2n) is 7.13. The van der Waals surface area contributed by atoms with Gasteiger partial charge in [-0.1, -0.05) is 13.8 Å². The first-order chi connectivity index (χ1) is 10.5. The molecule has 2 atom stereocenters. The monoisotopic (exact) mass is 312 g/mol. The third-order valence-electron chi connectivity index (χ3n) is 4.70. The zero-order valence-corrected chi connectivity index (χ0v) is 14.5. The Balaban J connectivity index is 1.84. The Labute approximate surface area is 134 Å². The van der Waals surface area contributed by atoms with Crippen molar-refractivity contribution in [3.8, 4) is 0 Å². The van der Waals surface area contributed by atoms with Crippen molar-refractivity contribution in [1.29, 1.82) is 0 Å². The summed E-state index contributed by atoms with van der Waals surface area (Å²) < 4.78 is 5.55. The number of morpholine rings is 1. The minimum absolute atomic E-state index is 0.0653. The quantitative estimate of drug-likeness (QED) is 0.830. The Morgan fingerprint density at radius 1 is 1.23 bits per heavy atom. The lowest BCUT2D eigenvalue weighted by Crippen LogP contribution is -2.57. The Kier molecular flexibility index (Phi) is 6.47. The van der Waals surface area contributed by atoms with Crippen LogP contribution >= 0.6 is 0 Å². The highest BCUT2D eigenvalue weighted by Gasteiger charge is 2.29. The second-order valence-corrected chi connectivity index (χ2v) is 7.13. The Hall–Kier alpha value is -0.850. The lowest BCUT2D eigenvalue weighted by molar-refractivity contribution is 0.00495. The van der Waals surface area contributed by atoms with Crippen molar-refractivity contribution in [3.63, 3.8) is 0 Å². The summed E-state index contributed by atoms with van der Waals surface area (Å²) in [6.45, 7) is 10.3. The summed E-state index contributed by atoms with van der Waals surface area (Å²) in [5.41, 5.74) is 0. The van der Waals surface area contributed by atoms with Crippen LogP contribution in [0.1, 0.15) is 20.3 Å². The average Bonchev–Trinajstić information content (AvgIpc) is 2.48. The van der Waals surface area contributed by atoms with Gasteiger partial charge in [0.1, 0.15) is 0 Å². The van der Waals surface area contributed by atoms with Gasteiger partial charge in [-0.05, 0) is 26.4 Å². The summed E-state index contributed by atoms with van der Waals surface area (Å²) >= 11 is 0. The fourth-order valence-electron chi connectivity index (χ4n) is 3.29. The summed E-state index contributed by atoms with van der Waals surface area (Å²) in [4.78, 5) is 19.2. The molecule has 0 saturated carbocycles.